The Balaban J connectivity index is 1.54. The van der Waals surface area contributed by atoms with Gasteiger partial charge in [0.1, 0.15) is 11.6 Å². The maximum Gasteiger partial charge on any atom is 0.266 e. The van der Waals surface area contributed by atoms with Gasteiger partial charge in [0.15, 0.2) is 0 Å². The summed E-state index contributed by atoms with van der Waals surface area (Å²) in [5.74, 6) is 0.824. The zero-order valence-corrected chi connectivity index (χ0v) is 19.8. The summed E-state index contributed by atoms with van der Waals surface area (Å²) in [6.45, 7) is 4.13. The van der Waals surface area contributed by atoms with E-state index in [-0.39, 0.29) is 16.5 Å². The van der Waals surface area contributed by atoms with Crippen LogP contribution in [0.2, 0.25) is 10.0 Å². The highest BCUT2D eigenvalue weighted by Crippen LogP contribution is 2.30. The number of nitrogens with zero attached hydrogens (tertiary/aromatic N) is 4. The Morgan fingerprint density at radius 3 is 2.71 bits per heavy atom. The number of halogens is 2. The van der Waals surface area contributed by atoms with Crippen LogP contribution in [0.4, 0.5) is 11.6 Å². The highest BCUT2D eigenvalue weighted by molar-refractivity contribution is 6.37. The van der Waals surface area contributed by atoms with E-state index in [9.17, 15) is 10.1 Å². The molecule has 1 saturated heterocycles. The summed E-state index contributed by atoms with van der Waals surface area (Å²) in [6.07, 6.45) is 3.96. The number of hydrogen-bond donors (Lipinski definition) is 2. The molecule has 7 nitrogen and oxygen atoms in total. The molecule has 0 amide bonds. The smallest absolute Gasteiger partial charge is 0.266 e. The van der Waals surface area contributed by atoms with Crippen molar-refractivity contribution in [2.45, 2.75) is 19.3 Å². The number of rotatable bonds is 4. The third kappa shape index (κ3) is 4.01. The standard InChI is InChI=1S/C25H20Cl2N6O/c1-14-9-17(5-6-18(14)15-7-8-29-11-15)31-25-30-12-19-22(32-25)16(10-28)13-33(24(19)34)23-20(26)3-2-4-21(23)27/h2-6,9,12-13,15,29H,7-8,11H2,1H3,(H,30,31,32). The van der Waals surface area contributed by atoms with Crippen LogP contribution in [0.1, 0.15) is 29.0 Å². The molecule has 2 aromatic heterocycles. The summed E-state index contributed by atoms with van der Waals surface area (Å²) < 4.78 is 1.27. The largest absolute Gasteiger partial charge is 0.324 e. The molecule has 2 N–H and O–H groups in total. The van der Waals surface area contributed by atoms with E-state index in [1.54, 1.807) is 18.2 Å². The van der Waals surface area contributed by atoms with Crippen LogP contribution in [-0.4, -0.2) is 27.6 Å². The minimum Gasteiger partial charge on any atom is -0.324 e. The van der Waals surface area contributed by atoms with Gasteiger partial charge in [0.25, 0.3) is 5.56 Å². The van der Waals surface area contributed by atoms with Crippen LogP contribution in [0.15, 0.2) is 53.6 Å². The molecule has 34 heavy (non-hydrogen) atoms. The van der Waals surface area contributed by atoms with Crippen molar-refractivity contribution in [2.75, 3.05) is 18.4 Å². The molecule has 5 rings (SSSR count). The Bertz CT molecular complexity index is 1500. The van der Waals surface area contributed by atoms with Gasteiger partial charge < -0.3 is 10.6 Å². The van der Waals surface area contributed by atoms with Crippen LogP contribution >= 0.6 is 23.2 Å². The third-order valence-electron chi connectivity index (χ3n) is 6.08. The lowest BCUT2D eigenvalue weighted by Crippen LogP contribution is -2.20. The van der Waals surface area contributed by atoms with E-state index in [2.05, 4.69) is 45.7 Å². The first-order valence-electron chi connectivity index (χ1n) is 10.8. The van der Waals surface area contributed by atoms with Gasteiger partial charge in [-0.15, -0.1) is 0 Å². The summed E-state index contributed by atoms with van der Waals surface area (Å²) in [5.41, 5.74) is 3.72. The molecule has 2 aromatic carbocycles. The first kappa shape index (κ1) is 22.4. The van der Waals surface area contributed by atoms with E-state index in [0.717, 1.165) is 25.2 Å². The van der Waals surface area contributed by atoms with Gasteiger partial charge in [0.2, 0.25) is 5.95 Å². The van der Waals surface area contributed by atoms with Gasteiger partial charge in [0.05, 0.1) is 26.7 Å². The van der Waals surface area contributed by atoms with E-state index in [4.69, 9.17) is 23.2 Å². The molecule has 0 saturated carbocycles. The fraction of sp³-hybridized carbons (Fsp3) is 0.200. The Morgan fingerprint density at radius 2 is 2.03 bits per heavy atom. The van der Waals surface area contributed by atoms with E-state index < -0.39 is 5.56 Å². The van der Waals surface area contributed by atoms with E-state index in [1.807, 2.05) is 6.07 Å². The number of anilines is 2. The Kier molecular flexibility index (Phi) is 5.96. The average Bonchev–Trinajstić information content (AvgIpc) is 3.35. The van der Waals surface area contributed by atoms with Crippen LogP contribution in [0.5, 0.6) is 0 Å². The second-order valence-corrected chi connectivity index (χ2v) is 9.06. The van der Waals surface area contributed by atoms with Crippen molar-refractivity contribution in [3.63, 3.8) is 0 Å². The fourth-order valence-corrected chi connectivity index (χ4v) is 4.99. The molecule has 170 valence electrons. The molecule has 0 radical (unpaired) electrons. The van der Waals surface area contributed by atoms with E-state index in [1.165, 1.54) is 28.1 Å². The van der Waals surface area contributed by atoms with E-state index >= 15 is 0 Å². The van der Waals surface area contributed by atoms with Gasteiger partial charge in [-0.05, 0) is 61.2 Å². The lowest BCUT2D eigenvalue weighted by atomic mass is 9.94. The first-order valence-corrected chi connectivity index (χ1v) is 11.6. The average molecular weight is 491 g/mol. The predicted molar refractivity (Wildman–Crippen MR) is 135 cm³/mol. The van der Waals surface area contributed by atoms with Gasteiger partial charge in [-0.3, -0.25) is 9.36 Å². The molecule has 0 bridgehead atoms. The van der Waals surface area contributed by atoms with Gasteiger partial charge in [-0.25, -0.2) is 9.97 Å². The van der Waals surface area contributed by atoms with Gasteiger partial charge >= 0.3 is 0 Å². The zero-order valence-electron chi connectivity index (χ0n) is 18.3. The molecule has 3 heterocycles. The summed E-state index contributed by atoms with van der Waals surface area (Å²) in [4.78, 5) is 22.0. The maximum atomic E-state index is 13.2. The van der Waals surface area contributed by atoms with Crippen molar-refractivity contribution in [1.29, 1.82) is 5.26 Å². The minimum atomic E-state index is -0.416. The predicted octanol–water partition coefficient (Wildman–Crippen LogP) is 5.09. The second kappa shape index (κ2) is 9.07. The van der Waals surface area contributed by atoms with Crippen molar-refractivity contribution in [3.05, 3.63) is 85.9 Å². The van der Waals surface area contributed by atoms with Gasteiger partial charge in [0, 0.05) is 24.6 Å². The third-order valence-corrected chi connectivity index (χ3v) is 6.69. The summed E-state index contributed by atoms with van der Waals surface area (Å²) in [5, 5.41) is 17.2. The number of benzene rings is 2. The van der Waals surface area contributed by atoms with Crippen LogP contribution < -0.4 is 16.2 Å². The monoisotopic (exact) mass is 490 g/mol. The van der Waals surface area contributed by atoms with Gasteiger partial charge in [-0.2, -0.15) is 5.26 Å². The number of aromatic nitrogens is 3. The van der Waals surface area contributed by atoms with E-state index in [0.29, 0.717) is 27.6 Å². The Hall–Kier alpha value is -3.44. The number of nitriles is 1. The summed E-state index contributed by atoms with van der Waals surface area (Å²) in [7, 11) is 0. The van der Waals surface area contributed by atoms with Crippen LogP contribution in [0, 0.1) is 18.3 Å². The Morgan fingerprint density at radius 1 is 1.24 bits per heavy atom. The number of hydrogen-bond acceptors (Lipinski definition) is 6. The zero-order chi connectivity index (χ0) is 23.8. The highest BCUT2D eigenvalue weighted by Gasteiger charge is 2.19. The highest BCUT2D eigenvalue weighted by atomic mass is 35.5. The molecule has 0 aliphatic carbocycles. The molecular weight excluding hydrogens is 471 g/mol. The second-order valence-electron chi connectivity index (χ2n) is 8.24. The normalized spacial score (nSPS) is 15.4. The molecule has 1 fully saturated rings. The lowest BCUT2D eigenvalue weighted by molar-refractivity contribution is 0.757. The summed E-state index contributed by atoms with van der Waals surface area (Å²) >= 11 is 12.6. The SMILES string of the molecule is Cc1cc(Nc2ncc3c(=O)n(-c4c(Cl)cccc4Cl)cc(C#N)c3n2)ccc1C1CCNC1. The van der Waals surface area contributed by atoms with Crippen molar-refractivity contribution in [3.8, 4) is 11.8 Å². The topological polar surface area (TPSA) is 95.6 Å². The molecule has 1 atom stereocenters. The van der Waals surface area contributed by atoms with Crippen molar-refractivity contribution < 1.29 is 0 Å². The molecule has 1 aliphatic rings. The fourth-order valence-electron chi connectivity index (χ4n) is 4.41. The number of fused-ring (bicyclic) bond motifs is 1. The minimum absolute atomic E-state index is 0.195. The molecular formula is C25H20Cl2N6O. The van der Waals surface area contributed by atoms with Crippen molar-refractivity contribution in [2.24, 2.45) is 0 Å². The number of para-hydroxylation sites is 1. The van der Waals surface area contributed by atoms with Gasteiger partial charge in [-0.1, -0.05) is 35.3 Å². The number of aryl methyl sites for hydroxylation is 1. The molecule has 0 spiro atoms. The van der Waals surface area contributed by atoms with Crippen LogP contribution in [0.3, 0.4) is 0 Å². The first-order chi connectivity index (χ1) is 16.5. The Labute approximate surface area is 206 Å². The lowest BCUT2D eigenvalue weighted by Gasteiger charge is -2.15. The van der Waals surface area contributed by atoms with Crippen LogP contribution in [0.25, 0.3) is 16.6 Å². The summed E-state index contributed by atoms with van der Waals surface area (Å²) in [6, 6.07) is 13.2. The molecule has 1 unspecified atom stereocenters. The molecule has 4 aromatic rings. The molecule has 9 heteroatoms. The number of nitrogens with one attached hydrogen (secondary N) is 2. The number of pyridine rings is 1. The maximum absolute atomic E-state index is 13.2. The molecule has 1 aliphatic heterocycles. The quantitative estimate of drug-likeness (QED) is 0.413. The van der Waals surface area contributed by atoms with Crippen molar-refractivity contribution >= 4 is 45.7 Å². The van der Waals surface area contributed by atoms with Crippen LogP contribution in [-0.2, 0) is 0 Å². The van der Waals surface area contributed by atoms with Crippen molar-refractivity contribution in [1.82, 2.24) is 19.9 Å².